The van der Waals surface area contributed by atoms with E-state index in [4.69, 9.17) is 0 Å². The molecular weight excluding hydrogens is 441 g/mol. The van der Waals surface area contributed by atoms with Gasteiger partial charge >= 0.3 is 6.18 Å². The topological polar surface area (TPSA) is 82.9 Å². The van der Waals surface area contributed by atoms with Crippen LogP contribution in [0.3, 0.4) is 0 Å². The first-order valence-corrected chi connectivity index (χ1v) is 10.9. The average molecular weight is 460 g/mol. The number of halogens is 3. The number of benzene rings is 2. The minimum absolute atomic E-state index is 0.263. The van der Waals surface area contributed by atoms with Gasteiger partial charge in [-0.3, -0.25) is 9.59 Å². The van der Waals surface area contributed by atoms with E-state index in [1.54, 1.807) is 0 Å². The number of carbonyl (C=O) groups excluding carboxylic acids is 2. The van der Waals surface area contributed by atoms with Crippen molar-refractivity contribution in [2.45, 2.75) is 37.1 Å². The fourth-order valence-electron chi connectivity index (χ4n) is 3.61. The molecule has 0 radical (unpaired) electrons. The molecule has 6 nitrogen and oxygen atoms in total. The normalized spacial score (nSPS) is 20.8. The van der Waals surface area contributed by atoms with Crippen LogP contribution in [-0.4, -0.2) is 27.9 Å². The minimum atomic E-state index is -4.60. The van der Waals surface area contributed by atoms with Crippen molar-refractivity contribution in [2.24, 2.45) is 10.2 Å². The maximum absolute atomic E-state index is 13.1. The molecule has 1 heterocycles. The predicted molar refractivity (Wildman–Crippen MR) is 118 cm³/mol. The van der Waals surface area contributed by atoms with Gasteiger partial charge in [0.2, 0.25) is 11.8 Å². The number of hydrogen-bond acceptors (Lipinski definition) is 5. The molecule has 0 aromatic heterocycles. The van der Waals surface area contributed by atoms with Crippen LogP contribution < -0.4 is 10.6 Å². The molecule has 166 valence electrons. The second-order valence-electron chi connectivity index (χ2n) is 7.35. The number of thioether (sulfide) groups is 1. The molecule has 0 unspecified atom stereocenters. The summed E-state index contributed by atoms with van der Waals surface area (Å²) < 4.78 is 39.3. The summed E-state index contributed by atoms with van der Waals surface area (Å²) in [5, 5.41) is 12.7. The Kier molecular flexibility index (Phi) is 6.31. The number of para-hydroxylation sites is 1. The van der Waals surface area contributed by atoms with Gasteiger partial charge in [-0.05, 0) is 37.0 Å². The highest BCUT2D eigenvalue weighted by Crippen LogP contribution is 2.35. The van der Waals surface area contributed by atoms with Crippen molar-refractivity contribution in [3.05, 3.63) is 65.2 Å². The van der Waals surface area contributed by atoms with Crippen LogP contribution in [0.2, 0.25) is 0 Å². The summed E-state index contributed by atoms with van der Waals surface area (Å²) in [4.78, 5) is 24.5. The Labute approximate surface area is 186 Å². The number of nitrogens with one attached hydrogen (secondary N) is 2. The van der Waals surface area contributed by atoms with Crippen LogP contribution in [0.4, 0.5) is 18.9 Å². The Morgan fingerprint density at radius 2 is 1.84 bits per heavy atom. The third-order valence-corrected chi connectivity index (χ3v) is 6.18. The van der Waals surface area contributed by atoms with Crippen LogP contribution in [0.5, 0.6) is 0 Å². The third kappa shape index (κ3) is 5.01. The van der Waals surface area contributed by atoms with Crippen LogP contribution >= 0.6 is 11.8 Å². The molecule has 0 saturated carbocycles. The standard InChI is InChI=1S/C22H19F3N4O2S/c23-22(24,25)15-9-3-4-10-17(15)26-19(30)12-18-20(31)27-21(32-18)29-28-16-11-5-7-13-6-1-2-8-14(13)16/h1-4,6,8-10,18H,5,7,11-12H2,(H,26,30)(H,27,29,31)/b28-16-/t18-/m0/s1. The first kappa shape index (κ1) is 22.1. The highest BCUT2D eigenvalue weighted by atomic mass is 32.2. The van der Waals surface area contributed by atoms with E-state index in [9.17, 15) is 22.8 Å². The summed E-state index contributed by atoms with van der Waals surface area (Å²) in [5.41, 5.74) is 1.79. The zero-order valence-electron chi connectivity index (χ0n) is 16.8. The van der Waals surface area contributed by atoms with E-state index in [1.165, 1.54) is 23.8 Å². The number of carbonyl (C=O) groups is 2. The SMILES string of the molecule is O=C(C[C@@H]1S/C(=N/N=C2/CCCc3ccccc32)NC1=O)Nc1ccccc1C(F)(F)F. The van der Waals surface area contributed by atoms with Gasteiger partial charge in [-0.15, -0.1) is 5.10 Å². The summed E-state index contributed by atoms with van der Waals surface area (Å²) in [7, 11) is 0. The Hall–Kier alpha value is -3.14. The zero-order chi connectivity index (χ0) is 22.7. The molecule has 1 aliphatic heterocycles. The van der Waals surface area contributed by atoms with E-state index in [1.807, 2.05) is 18.2 Å². The molecule has 2 aliphatic rings. The first-order valence-electron chi connectivity index (χ1n) is 9.97. The molecule has 1 aliphatic carbocycles. The number of rotatable bonds is 4. The summed E-state index contributed by atoms with van der Waals surface area (Å²) in [6.45, 7) is 0. The summed E-state index contributed by atoms with van der Waals surface area (Å²) >= 11 is 1.04. The van der Waals surface area contributed by atoms with Gasteiger partial charge in [0.15, 0.2) is 5.17 Å². The van der Waals surface area contributed by atoms with Crippen molar-refractivity contribution in [2.75, 3.05) is 5.32 Å². The molecule has 1 fully saturated rings. The molecule has 1 saturated heterocycles. The molecule has 2 N–H and O–H groups in total. The molecule has 0 spiro atoms. The Balaban J connectivity index is 1.41. The van der Waals surface area contributed by atoms with Crippen molar-refractivity contribution in [1.82, 2.24) is 5.32 Å². The second kappa shape index (κ2) is 9.15. The number of amidine groups is 1. The van der Waals surface area contributed by atoms with Crippen molar-refractivity contribution in [3.8, 4) is 0 Å². The van der Waals surface area contributed by atoms with Crippen LogP contribution in [-0.2, 0) is 22.2 Å². The Bertz CT molecular complexity index is 1110. The maximum Gasteiger partial charge on any atom is 0.418 e. The maximum atomic E-state index is 13.1. The predicted octanol–water partition coefficient (Wildman–Crippen LogP) is 4.36. The fourth-order valence-corrected chi connectivity index (χ4v) is 4.52. The average Bonchev–Trinajstić information content (AvgIpc) is 3.10. The summed E-state index contributed by atoms with van der Waals surface area (Å²) in [6.07, 6.45) is -2.17. The lowest BCUT2D eigenvalue weighted by Gasteiger charge is -2.16. The smallest absolute Gasteiger partial charge is 0.325 e. The van der Waals surface area contributed by atoms with E-state index in [0.29, 0.717) is 0 Å². The molecule has 2 aromatic rings. The van der Waals surface area contributed by atoms with E-state index >= 15 is 0 Å². The second-order valence-corrected chi connectivity index (χ2v) is 8.55. The first-order chi connectivity index (χ1) is 15.3. The van der Waals surface area contributed by atoms with Gasteiger partial charge in [0.05, 0.1) is 17.0 Å². The third-order valence-electron chi connectivity index (χ3n) is 5.10. The molecule has 10 heteroatoms. The van der Waals surface area contributed by atoms with Gasteiger partial charge in [0, 0.05) is 12.0 Å². The quantitative estimate of drug-likeness (QED) is 0.665. The van der Waals surface area contributed by atoms with Crippen molar-refractivity contribution in [1.29, 1.82) is 0 Å². The number of amides is 2. The largest absolute Gasteiger partial charge is 0.418 e. The zero-order valence-corrected chi connectivity index (χ0v) is 17.6. The van der Waals surface area contributed by atoms with Crippen molar-refractivity contribution in [3.63, 3.8) is 0 Å². The molecule has 32 heavy (non-hydrogen) atoms. The molecule has 2 amide bonds. The van der Waals surface area contributed by atoms with Crippen LogP contribution in [0, 0.1) is 0 Å². The molecule has 1 atom stereocenters. The Morgan fingerprint density at radius 3 is 2.66 bits per heavy atom. The van der Waals surface area contributed by atoms with E-state index in [2.05, 4.69) is 26.9 Å². The van der Waals surface area contributed by atoms with Crippen LogP contribution in [0.1, 0.15) is 36.0 Å². The lowest BCUT2D eigenvalue weighted by Crippen LogP contribution is -2.28. The van der Waals surface area contributed by atoms with Gasteiger partial charge in [-0.2, -0.15) is 18.3 Å². The highest BCUT2D eigenvalue weighted by molar-refractivity contribution is 8.15. The Morgan fingerprint density at radius 1 is 1.09 bits per heavy atom. The number of alkyl halides is 3. The number of aryl methyl sites for hydroxylation is 1. The van der Waals surface area contributed by atoms with E-state index in [-0.39, 0.29) is 17.3 Å². The van der Waals surface area contributed by atoms with Crippen molar-refractivity contribution < 1.29 is 22.8 Å². The van der Waals surface area contributed by atoms with Gasteiger partial charge in [0.25, 0.3) is 0 Å². The van der Waals surface area contributed by atoms with Gasteiger partial charge in [0.1, 0.15) is 5.25 Å². The fraction of sp³-hybridized carbons (Fsp3) is 0.273. The molecule has 4 rings (SSSR count). The summed E-state index contributed by atoms with van der Waals surface area (Å²) in [6, 6.07) is 12.7. The monoisotopic (exact) mass is 460 g/mol. The highest BCUT2D eigenvalue weighted by Gasteiger charge is 2.35. The summed E-state index contributed by atoms with van der Waals surface area (Å²) in [5.74, 6) is -1.12. The number of nitrogens with zero attached hydrogens (tertiary/aromatic N) is 2. The minimum Gasteiger partial charge on any atom is -0.325 e. The number of hydrogen-bond donors (Lipinski definition) is 2. The number of anilines is 1. The molecular formula is C22H19F3N4O2S. The van der Waals surface area contributed by atoms with Crippen LogP contribution in [0.25, 0.3) is 0 Å². The van der Waals surface area contributed by atoms with Gasteiger partial charge < -0.3 is 10.6 Å². The van der Waals surface area contributed by atoms with Crippen LogP contribution in [0.15, 0.2) is 58.7 Å². The molecule has 2 aromatic carbocycles. The van der Waals surface area contributed by atoms with E-state index in [0.717, 1.165) is 48.4 Å². The van der Waals surface area contributed by atoms with Gasteiger partial charge in [-0.25, -0.2) is 0 Å². The lowest BCUT2D eigenvalue weighted by atomic mass is 9.90. The van der Waals surface area contributed by atoms with Gasteiger partial charge in [-0.1, -0.05) is 48.2 Å². The van der Waals surface area contributed by atoms with Crippen molar-refractivity contribution >= 4 is 40.1 Å². The molecule has 0 bridgehead atoms. The van der Waals surface area contributed by atoms with E-state index < -0.39 is 28.8 Å². The lowest BCUT2D eigenvalue weighted by molar-refractivity contribution is -0.137. The number of fused-ring (bicyclic) bond motifs is 1.